The molecule has 7 nitrogen and oxygen atoms in total. The molecule has 3 heterocycles. The summed E-state index contributed by atoms with van der Waals surface area (Å²) in [5.41, 5.74) is 2.18. The third-order valence-corrected chi connectivity index (χ3v) is 8.87. The van der Waals surface area contributed by atoms with Crippen LogP contribution in [0.4, 0.5) is 10.5 Å². The van der Waals surface area contributed by atoms with Gasteiger partial charge in [0.25, 0.3) is 5.91 Å². The van der Waals surface area contributed by atoms with Gasteiger partial charge in [0.1, 0.15) is 5.54 Å². The highest BCUT2D eigenvalue weighted by Crippen LogP contribution is 2.60. The van der Waals surface area contributed by atoms with Crippen LogP contribution in [-0.2, 0) is 27.3 Å². The molecule has 208 valence electrons. The predicted molar refractivity (Wildman–Crippen MR) is 157 cm³/mol. The number of imide groups is 2. The molecule has 4 aromatic carbocycles. The van der Waals surface area contributed by atoms with Crippen molar-refractivity contribution < 1.29 is 19.2 Å². The number of benzene rings is 4. The van der Waals surface area contributed by atoms with Crippen molar-refractivity contribution in [1.82, 2.24) is 9.80 Å². The summed E-state index contributed by atoms with van der Waals surface area (Å²) in [5.74, 6) is -3.17. The van der Waals surface area contributed by atoms with Crippen molar-refractivity contribution in [3.63, 3.8) is 0 Å². The highest BCUT2D eigenvalue weighted by atomic mass is 16.2. The van der Waals surface area contributed by atoms with Crippen LogP contribution in [0.3, 0.4) is 0 Å². The number of carbonyl (C=O) groups excluding carboxylic acids is 4. The first kappa shape index (κ1) is 25.9. The quantitative estimate of drug-likeness (QED) is 0.239. The van der Waals surface area contributed by atoms with Crippen molar-refractivity contribution >= 4 is 29.4 Å². The number of urea groups is 1. The Balaban J connectivity index is 1.45. The first-order valence-electron chi connectivity index (χ1n) is 14.1. The second kappa shape index (κ2) is 9.80. The van der Waals surface area contributed by atoms with Gasteiger partial charge in [-0.3, -0.25) is 19.3 Å². The summed E-state index contributed by atoms with van der Waals surface area (Å²) in [7, 11) is 0. The molecule has 3 aliphatic rings. The number of fused-ring (bicyclic) bond motifs is 3. The minimum atomic E-state index is -1.58. The standard InChI is InChI=1S/C35H29N3O4/c1-23-12-11-17-26(20-23)30-28-29(32(40)36(31(28)39)22-25-15-7-3-8-16-25)35(21-24-13-5-2-6-14-24)33(41)37(34(42)38(30)35)27-18-9-4-10-19-27/h2-20,28-30H,21-22H2,1H3/t28-,29-,30-,35-/m1/s1. The molecule has 0 bridgehead atoms. The van der Waals surface area contributed by atoms with Crippen LogP contribution in [0, 0.1) is 18.8 Å². The Bertz CT molecular complexity index is 1710. The maximum atomic E-state index is 14.8. The molecule has 0 N–H and O–H groups in total. The van der Waals surface area contributed by atoms with Gasteiger partial charge in [0, 0.05) is 6.42 Å². The van der Waals surface area contributed by atoms with Crippen molar-refractivity contribution in [1.29, 1.82) is 0 Å². The lowest BCUT2D eigenvalue weighted by Gasteiger charge is -2.35. The van der Waals surface area contributed by atoms with Gasteiger partial charge in [0.15, 0.2) is 0 Å². The van der Waals surface area contributed by atoms with Crippen molar-refractivity contribution in [2.45, 2.75) is 31.5 Å². The number of carbonyl (C=O) groups is 4. The molecule has 5 amide bonds. The highest BCUT2D eigenvalue weighted by Gasteiger charge is 2.77. The van der Waals surface area contributed by atoms with Crippen LogP contribution in [0.25, 0.3) is 0 Å². The van der Waals surface area contributed by atoms with Crippen LogP contribution in [-0.4, -0.2) is 39.1 Å². The van der Waals surface area contributed by atoms with Gasteiger partial charge in [-0.2, -0.15) is 0 Å². The van der Waals surface area contributed by atoms with Gasteiger partial charge in [-0.25, -0.2) is 9.69 Å². The highest BCUT2D eigenvalue weighted by molar-refractivity contribution is 6.27. The Kier molecular flexibility index (Phi) is 6.04. The van der Waals surface area contributed by atoms with E-state index in [-0.39, 0.29) is 18.9 Å². The number of aryl methyl sites for hydroxylation is 1. The molecular formula is C35H29N3O4. The van der Waals surface area contributed by atoms with E-state index in [1.165, 1.54) is 9.80 Å². The first-order chi connectivity index (χ1) is 20.4. The van der Waals surface area contributed by atoms with Crippen LogP contribution in [0.1, 0.15) is 28.3 Å². The van der Waals surface area contributed by atoms with E-state index in [2.05, 4.69) is 0 Å². The number of hydrogen-bond donors (Lipinski definition) is 0. The molecule has 0 aliphatic carbocycles. The Labute approximate surface area is 244 Å². The summed E-state index contributed by atoms with van der Waals surface area (Å²) in [5, 5.41) is 0. The SMILES string of the molecule is Cc1cccc([C@@H]2[C@@H]3C(=O)N(Cc4ccccc4)C(=O)[C@@H]3[C@]3(Cc4ccccc4)C(=O)N(c4ccccc4)C(=O)N23)c1. The molecule has 3 saturated heterocycles. The summed E-state index contributed by atoms with van der Waals surface area (Å²) in [6.45, 7) is 2.06. The number of nitrogens with zero attached hydrogens (tertiary/aromatic N) is 3. The largest absolute Gasteiger partial charge is 0.332 e. The molecule has 7 heteroatoms. The zero-order chi connectivity index (χ0) is 29.0. The van der Waals surface area contributed by atoms with Crippen LogP contribution in [0.5, 0.6) is 0 Å². The fourth-order valence-electron chi connectivity index (χ4n) is 7.16. The molecule has 0 aromatic heterocycles. The van der Waals surface area contributed by atoms with Crippen molar-refractivity contribution in [3.8, 4) is 0 Å². The van der Waals surface area contributed by atoms with Crippen LogP contribution >= 0.6 is 0 Å². The maximum Gasteiger partial charge on any atom is 0.332 e. The van der Waals surface area contributed by atoms with Crippen molar-refractivity contribution in [3.05, 3.63) is 138 Å². The molecule has 3 aliphatic heterocycles. The molecule has 7 rings (SSSR count). The molecule has 0 unspecified atom stereocenters. The molecule has 42 heavy (non-hydrogen) atoms. The molecular weight excluding hydrogens is 526 g/mol. The second-order valence-corrected chi connectivity index (χ2v) is 11.3. The lowest BCUT2D eigenvalue weighted by molar-refractivity contribution is -0.144. The van der Waals surface area contributed by atoms with Crippen molar-refractivity contribution in [2.24, 2.45) is 11.8 Å². The predicted octanol–water partition coefficient (Wildman–Crippen LogP) is 5.30. The summed E-state index contributed by atoms with van der Waals surface area (Å²) >= 11 is 0. The molecule has 0 saturated carbocycles. The van der Waals surface area contributed by atoms with E-state index in [1.54, 1.807) is 29.2 Å². The molecule has 3 fully saturated rings. The minimum Gasteiger partial charge on any atom is -0.300 e. The monoisotopic (exact) mass is 555 g/mol. The summed E-state index contributed by atoms with van der Waals surface area (Å²) < 4.78 is 0. The van der Waals surface area contributed by atoms with Crippen molar-refractivity contribution in [2.75, 3.05) is 4.90 Å². The number of likely N-dealkylation sites (tertiary alicyclic amines) is 1. The molecule has 0 spiro atoms. The number of amides is 5. The zero-order valence-corrected chi connectivity index (χ0v) is 23.1. The van der Waals surface area contributed by atoms with Gasteiger partial charge in [0.2, 0.25) is 11.8 Å². The third kappa shape index (κ3) is 3.73. The zero-order valence-electron chi connectivity index (χ0n) is 23.1. The smallest absolute Gasteiger partial charge is 0.300 e. The second-order valence-electron chi connectivity index (χ2n) is 11.3. The lowest BCUT2D eigenvalue weighted by Crippen LogP contribution is -2.55. The average molecular weight is 556 g/mol. The van der Waals surface area contributed by atoms with E-state index < -0.39 is 41.3 Å². The summed E-state index contributed by atoms with van der Waals surface area (Å²) in [6, 6.07) is 34.0. The van der Waals surface area contributed by atoms with Gasteiger partial charge < -0.3 is 4.90 Å². The fraction of sp³-hybridized carbons (Fsp3) is 0.200. The number of para-hydroxylation sites is 1. The van der Waals surface area contributed by atoms with Gasteiger partial charge in [-0.15, -0.1) is 0 Å². The molecule has 4 atom stereocenters. The van der Waals surface area contributed by atoms with E-state index in [0.29, 0.717) is 5.69 Å². The summed E-state index contributed by atoms with van der Waals surface area (Å²) in [6.07, 6.45) is 0.115. The Morgan fingerprint density at radius 3 is 1.95 bits per heavy atom. The molecule has 0 radical (unpaired) electrons. The van der Waals surface area contributed by atoms with Gasteiger partial charge in [-0.05, 0) is 35.7 Å². The van der Waals surface area contributed by atoms with Gasteiger partial charge >= 0.3 is 6.03 Å². The van der Waals surface area contributed by atoms with Crippen LogP contribution < -0.4 is 4.90 Å². The van der Waals surface area contributed by atoms with E-state index in [9.17, 15) is 19.2 Å². The fourth-order valence-corrected chi connectivity index (χ4v) is 7.16. The van der Waals surface area contributed by atoms with Crippen LogP contribution in [0.15, 0.2) is 115 Å². The molecule has 4 aromatic rings. The Hall–Kier alpha value is -5.04. The summed E-state index contributed by atoms with van der Waals surface area (Å²) in [4.78, 5) is 62.1. The van der Waals surface area contributed by atoms with E-state index in [4.69, 9.17) is 0 Å². The van der Waals surface area contributed by atoms with Gasteiger partial charge in [0.05, 0.1) is 30.1 Å². The third-order valence-electron chi connectivity index (χ3n) is 8.87. The number of anilines is 1. The van der Waals surface area contributed by atoms with E-state index in [1.807, 2.05) is 97.9 Å². The lowest BCUT2D eigenvalue weighted by atomic mass is 9.75. The first-order valence-corrected chi connectivity index (χ1v) is 14.1. The van der Waals surface area contributed by atoms with Gasteiger partial charge in [-0.1, -0.05) is 109 Å². The maximum absolute atomic E-state index is 14.8. The average Bonchev–Trinajstić information content (AvgIpc) is 3.52. The normalized spacial score (nSPS) is 24.9. The van der Waals surface area contributed by atoms with E-state index >= 15 is 0 Å². The Morgan fingerprint density at radius 1 is 0.690 bits per heavy atom. The number of rotatable bonds is 6. The van der Waals surface area contributed by atoms with E-state index in [0.717, 1.165) is 22.3 Å². The topological polar surface area (TPSA) is 78.0 Å². The minimum absolute atomic E-state index is 0.109. The Morgan fingerprint density at radius 2 is 1.31 bits per heavy atom. The number of hydrogen-bond acceptors (Lipinski definition) is 4. The van der Waals surface area contributed by atoms with Crippen LogP contribution in [0.2, 0.25) is 0 Å².